The monoisotopic (exact) mass is 706 g/mol. The van der Waals surface area contributed by atoms with Crippen LogP contribution in [0.15, 0.2) is 60.0 Å². The molecule has 2 atom stereocenters. The number of aromatic nitrogens is 3. The van der Waals surface area contributed by atoms with Gasteiger partial charge in [-0.2, -0.15) is 18.3 Å². The van der Waals surface area contributed by atoms with Crippen molar-refractivity contribution >= 4 is 23.2 Å². The first-order valence-corrected chi connectivity index (χ1v) is 18.4. The number of carbonyl (C=O) groups excluding carboxylic acids is 2. The van der Waals surface area contributed by atoms with Gasteiger partial charge in [0.25, 0.3) is 5.91 Å². The second-order valence-corrected chi connectivity index (χ2v) is 14.4. The Balaban J connectivity index is 0.000000302. The van der Waals surface area contributed by atoms with Gasteiger partial charge in [-0.15, -0.1) is 11.3 Å². The number of hydrogen-bond donors (Lipinski definition) is 1. The van der Waals surface area contributed by atoms with Crippen LogP contribution >= 0.6 is 11.3 Å². The Kier molecular flexibility index (Phi) is 11.1. The molecule has 1 aliphatic heterocycles. The number of nitrogens with one attached hydrogen (secondary N) is 1. The maximum absolute atomic E-state index is 13.3. The SMILES string of the molecule is CNC1CCCc2ccccc21.Cc1cc(C(F)(F)F)nn1CC(=O)N1CCC(c2nc(C(=O)N(C)C3CCCc4ccccc43)cs2)CC1. The number of nitrogens with zero attached hydrogens (tertiary/aromatic N) is 5. The number of thiazole rings is 1. The average Bonchev–Trinajstić information content (AvgIpc) is 3.78. The number of alkyl halides is 3. The highest BCUT2D eigenvalue weighted by atomic mass is 32.1. The number of piperidine rings is 1. The number of fused-ring (bicyclic) bond motifs is 2. The molecule has 2 aromatic carbocycles. The topological polar surface area (TPSA) is 83.4 Å². The smallest absolute Gasteiger partial charge is 0.341 e. The Morgan fingerprint density at radius 1 is 0.960 bits per heavy atom. The van der Waals surface area contributed by atoms with E-state index >= 15 is 0 Å². The second-order valence-electron chi connectivity index (χ2n) is 13.5. The van der Waals surface area contributed by atoms with Gasteiger partial charge < -0.3 is 15.1 Å². The molecular formula is C38H45F3N6O2S. The number of hydrogen-bond acceptors (Lipinski definition) is 6. The Morgan fingerprint density at radius 2 is 1.60 bits per heavy atom. The first kappa shape index (κ1) is 35.8. The minimum atomic E-state index is -4.54. The predicted octanol–water partition coefficient (Wildman–Crippen LogP) is 7.51. The van der Waals surface area contributed by atoms with E-state index < -0.39 is 11.9 Å². The summed E-state index contributed by atoms with van der Waals surface area (Å²) in [7, 11) is 3.89. The summed E-state index contributed by atoms with van der Waals surface area (Å²) in [5, 5.41) is 9.62. The fraction of sp³-hybridized carbons (Fsp3) is 0.474. The van der Waals surface area contributed by atoms with E-state index in [0.29, 0.717) is 43.4 Å². The summed E-state index contributed by atoms with van der Waals surface area (Å²) in [4.78, 5) is 34.2. The molecule has 3 aliphatic rings. The Morgan fingerprint density at radius 3 is 2.26 bits per heavy atom. The molecule has 1 N–H and O–H groups in total. The van der Waals surface area contributed by atoms with Crippen molar-refractivity contribution in [1.82, 2.24) is 29.9 Å². The highest BCUT2D eigenvalue weighted by Gasteiger charge is 2.35. The fourth-order valence-electron chi connectivity index (χ4n) is 7.49. The summed E-state index contributed by atoms with van der Waals surface area (Å²) in [5.41, 5.74) is 5.29. The van der Waals surface area contributed by atoms with Crippen LogP contribution in [-0.4, -0.2) is 63.6 Å². The van der Waals surface area contributed by atoms with E-state index in [-0.39, 0.29) is 30.3 Å². The number of likely N-dealkylation sites (tertiary alicyclic amines) is 1. The molecule has 266 valence electrons. The number of aryl methyl sites for hydroxylation is 3. The Labute approximate surface area is 295 Å². The number of rotatable bonds is 6. The van der Waals surface area contributed by atoms with E-state index in [2.05, 4.69) is 51.8 Å². The molecular weight excluding hydrogens is 662 g/mol. The van der Waals surface area contributed by atoms with Crippen LogP contribution < -0.4 is 5.32 Å². The molecule has 12 heteroatoms. The van der Waals surface area contributed by atoms with Crippen molar-refractivity contribution in [3.8, 4) is 0 Å². The summed E-state index contributed by atoms with van der Waals surface area (Å²) in [6.07, 6.45) is 3.70. The Hall–Kier alpha value is -4.03. The minimum Gasteiger partial charge on any atom is -0.341 e. The molecule has 2 unspecified atom stereocenters. The van der Waals surface area contributed by atoms with Crippen LogP contribution in [0.1, 0.15) is 106 Å². The highest BCUT2D eigenvalue weighted by molar-refractivity contribution is 7.09. The van der Waals surface area contributed by atoms with Crippen molar-refractivity contribution in [2.75, 3.05) is 27.2 Å². The fourth-order valence-corrected chi connectivity index (χ4v) is 8.46. The molecule has 1 saturated heterocycles. The maximum Gasteiger partial charge on any atom is 0.435 e. The Bertz CT molecular complexity index is 1790. The molecule has 2 amide bonds. The molecule has 0 spiro atoms. The molecule has 2 aromatic heterocycles. The lowest BCUT2D eigenvalue weighted by molar-refractivity contribution is -0.142. The van der Waals surface area contributed by atoms with Gasteiger partial charge in [0.05, 0.1) is 11.0 Å². The zero-order valence-corrected chi connectivity index (χ0v) is 29.7. The summed E-state index contributed by atoms with van der Waals surface area (Å²) >= 11 is 1.47. The van der Waals surface area contributed by atoms with Crippen molar-refractivity contribution in [2.24, 2.45) is 0 Å². The lowest BCUT2D eigenvalue weighted by atomic mass is 9.87. The van der Waals surface area contributed by atoms with E-state index in [9.17, 15) is 22.8 Å². The van der Waals surface area contributed by atoms with Crippen molar-refractivity contribution in [3.05, 3.63) is 104 Å². The standard InChI is InChI=1S/C27H30F3N5O2S.C11H15N/c1-17-14-23(27(28,29)30)32-35(17)15-24(36)34-12-10-19(11-13-34)25-31-21(16-38-25)26(37)33(2)22-9-5-7-18-6-3-4-8-20(18)22;1-12-11-8-4-6-9-5-2-3-7-10(9)11/h3-4,6,8,14,16,19,22H,5,7,9-13,15H2,1-2H3;2-3,5,7,11-12H,4,6,8H2,1H3. The molecule has 3 heterocycles. The first-order valence-electron chi connectivity index (χ1n) is 17.5. The number of carbonyl (C=O) groups is 2. The van der Waals surface area contributed by atoms with Gasteiger partial charge in [-0.3, -0.25) is 14.3 Å². The highest BCUT2D eigenvalue weighted by Crippen LogP contribution is 2.36. The van der Waals surface area contributed by atoms with Crippen LogP contribution in [0.2, 0.25) is 0 Å². The largest absolute Gasteiger partial charge is 0.435 e. The van der Waals surface area contributed by atoms with Gasteiger partial charge in [0.2, 0.25) is 5.91 Å². The third-order valence-electron chi connectivity index (χ3n) is 10.3. The third-order valence-corrected chi connectivity index (χ3v) is 11.3. The third kappa shape index (κ3) is 7.96. The van der Waals surface area contributed by atoms with E-state index in [0.717, 1.165) is 35.0 Å². The molecule has 0 radical (unpaired) electrons. The minimum absolute atomic E-state index is 0.0393. The van der Waals surface area contributed by atoms with Gasteiger partial charge in [0, 0.05) is 43.2 Å². The van der Waals surface area contributed by atoms with E-state index in [4.69, 9.17) is 0 Å². The van der Waals surface area contributed by atoms with Crippen LogP contribution in [0.3, 0.4) is 0 Å². The van der Waals surface area contributed by atoms with Gasteiger partial charge in [0.1, 0.15) is 12.2 Å². The van der Waals surface area contributed by atoms with E-state index in [1.165, 1.54) is 59.8 Å². The maximum atomic E-state index is 13.3. The van der Waals surface area contributed by atoms with E-state index in [1.807, 2.05) is 31.6 Å². The number of amides is 2. The summed E-state index contributed by atoms with van der Waals surface area (Å²) in [6, 6.07) is 18.6. The predicted molar refractivity (Wildman–Crippen MR) is 188 cm³/mol. The van der Waals surface area contributed by atoms with Crippen molar-refractivity contribution < 1.29 is 22.8 Å². The zero-order chi connectivity index (χ0) is 35.4. The summed E-state index contributed by atoms with van der Waals surface area (Å²) in [6.45, 7) is 2.25. The zero-order valence-electron chi connectivity index (χ0n) is 28.9. The van der Waals surface area contributed by atoms with Gasteiger partial charge in [-0.25, -0.2) is 4.98 Å². The molecule has 2 aliphatic carbocycles. The quantitative estimate of drug-likeness (QED) is 0.225. The molecule has 0 saturated carbocycles. The average molecular weight is 707 g/mol. The molecule has 1 fully saturated rings. The van der Waals surface area contributed by atoms with Gasteiger partial charge in [0.15, 0.2) is 5.69 Å². The molecule has 4 aromatic rings. The molecule has 0 bridgehead atoms. The molecule has 50 heavy (non-hydrogen) atoms. The van der Waals surface area contributed by atoms with Crippen LogP contribution in [-0.2, 0) is 30.4 Å². The van der Waals surface area contributed by atoms with E-state index in [1.54, 1.807) is 9.80 Å². The summed E-state index contributed by atoms with van der Waals surface area (Å²) < 4.78 is 39.9. The lowest BCUT2D eigenvalue weighted by Gasteiger charge is -2.33. The van der Waals surface area contributed by atoms with Crippen LogP contribution in [0.5, 0.6) is 0 Å². The lowest BCUT2D eigenvalue weighted by Crippen LogP contribution is -2.40. The van der Waals surface area contributed by atoms with Crippen molar-refractivity contribution in [2.45, 2.75) is 89.0 Å². The van der Waals surface area contributed by atoms with Crippen molar-refractivity contribution in [1.29, 1.82) is 0 Å². The van der Waals surface area contributed by atoms with Crippen LogP contribution in [0.4, 0.5) is 13.2 Å². The van der Waals surface area contributed by atoms with Crippen molar-refractivity contribution in [3.63, 3.8) is 0 Å². The summed E-state index contributed by atoms with van der Waals surface area (Å²) in [5.74, 6) is -0.211. The molecule has 8 nitrogen and oxygen atoms in total. The molecule has 7 rings (SSSR count). The number of benzene rings is 2. The van der Waals surface area contributed by atoms with Gasteiger partial charge >= 0.3 is 6.18 Å². The van der Waals surface area contributed by atoms with Gasteiger partial charge in [-0.1, -0.05) is 48.5 Å². The van der Waals surface area contributed by atoms with Crippen LogP contribution in [0.25, 0.3) is 0 Å². The second kappa shape index (κ2) is 15.5. The van der Waals surface area contributed by atoms with Gasteiger partial charge in [-0.05, 0) is 93.7 Å². The van der Waals surface area contributed by atoms with Crippen LogP contribution in [0, 0.1) is 6.92 Å². The first-order chi connectivity index (χ1) is 24.0. The normalized spacial score (nSPS) is 19.2. The number of halogens is 3.